The summed E-state index contributed by atoms with van der Waals surface area (Å²) in [6.45, 7) is 0.343. The van der Waals surface area contributed by atoms with Crippen LogP contribution in [0.25, 0.3) is 10.8 Å². The molecule has 1 aromatic carbocycles. The molecule has 1 aliphatic rings. The summed E-state index contributed by atoms with van der Waals surface area (Å²) in [5.41, 5.74) is 6.48. The third-order valence-corrected chi connectivity index (χ3v) is 4.05. The summed E-state index contributed by atoms with van der Waals surface area (Å²) in [6.07, 6.45) is -0.390. The standard InChI is InChI=1S/C14H11N3O3S/c15-8-5-6-21-12(8)14-16-13(17-20-14)11-7-18-9-3-1-2-4-10(9)19-11/h1-6,11H,7,15H2. The average molecular weight is 301 g/mol. The van der Waals surface area contributed by atoms with Gasteiger partial charge in [-0.2, -0.15) is 4.98 Å². The second kappa shape index (κ2) is 4.78. The number of para-hydroxylation sites is 2. The summed E-state index contributed by atoms with van der Waals surface area (Å²) in [4.78, 5) is 5.13. The predicted molar refractivity (Wildman–Crippen MR) is 77.3 cm³/mol. The van der Waals surface area contributed by atoms with Crippen molar-refractivity contribution in [2.75, 3.05) is 12.3 Å². The summed E-state index contributed by atoms with van der Waals surface area (Å²) >= 11 is 1.46. The van der Waals surface area contributed by atoms with Gasteiger partial charge in [0.1, 0.15) is 11.5 Å². The number of benzene rings is 1. The SMILES string of the molecule is Nc1ccsc1-c1nc(C2COc3ccccc3O2)no1. The first kappa shape index (κ1) is 12.2. The Morgan fingerprint density at radius 1 is 1.19 bits per heavy atom. The maximum absolute atomic E-state index is 5.85. The van der Waals surface area contributed by atoms with E-state index in [1.807, 2.05) is 29.6 Å². The van der Waals surface area contributed by atoms with Gasteiger partial charge in [0.15, 0.2) is 17.6 Å². The van der Waals surface area contributed by atoms with Crippen molar-refractivity contribution in [1.29, 1.82) is 0 Å². The molecular weight excluding hydrogens is 290 g/mol. The monoisotopic (exact) mass is 301 g/mol. The van der Waals surface area contributed by atoms with E-state index in [2.05, 4.69) is 10.1 Å². The van der Waals surface area contributed by atoms with Crippen molar-refractivity contribution in [1.82, 2.24) is 10.1 Å². The normalized spacial score (nSPS) is 16.9. The van der Waals surface area contributed by atoms with Crippen molar-refractivity contribution in [2.24, 2.45) is 0 Å². The Labute approximate surface area is 124 Å². The average Bonchev–Trinajstić information content (AvgIpc) is 3.15. The number of ether oxygens (including phenoxy) is 2. The van der Waals surface area contributed by atoms with Gasteiger partial charge in [0.25, 0.3) is 5.89 Å². The molecule has 3 aromatic rings. The first-order valence-corrected chi connectivity index (χ1v) is 7.24. The van der Waals surface area contributed by atoms with Crippen molar-refractivity contribution >= 4 is 17.0 Å². The predicted octanol–water partition coefficient (Wildman–Crippen LogP) is 2.89. The number of aromatic nitrogens is 2. The zero-order valence-electron chi connectivity index (χ0n) is 10.9. The second-order valence-electron chi connectivity index (χ2n) is 4.53. The van der Waals surface area contributed by atoms with E-state index < -0.39 is 6.10 Å². The van der Waals surface area contributed by atoms with Crippen LogP contribution in [0, 0.1) is 0 Å². The van der Waals surface area contributed by atoms with Crippen LogP contribution in [0.4, 0.5) is 5.69 Å². The van der Waals surface area contributed by atoms with Gasteiger partial charge in [0.2, 0.25) is 5.82 Å². The summed E-state index contributed by atoms with van der Waals surface area (Å²) in [7, 11) is 0. The molecular formula is C14H11N3O3S. The lowest BCUT2D eigenvalue weighted by atomic mass is 10.2. The van der Waals surface area contributed by atoms with E-state index in [0.717, 1.165) is 10.6 Å². The number of hydrogen-bond acceptors (Lipinski definition) is 7. The number of nitrogen functional groups attached to an aromatic ring is 1. The summed E-state index contributed by atoms with van der Waals surface area (Å²) < 4.78 is 16.8. The number of nitrogens with zero attached hydrogens (tertiary/aromatic N) is 2. The molecule has 0 fully saturated rings. The van der Waals surface area contributed by atoms with Crippen LogP contribution in [0.15, 0.2) is 40.2 Å². The Morgan fingerprint density at radius 3 is 2.86 bits per heavy atom. The molecule has 0 aliphatic carbocycles. The van der Waals surface area contributed by atoms with Gasteiger partial charge in [0, 0.05) is 0 Å². The van der Waals surface area contributed by atoms with Crippen LogP contribution in [0.3, 0.4) is 0 Å². The molecule has 21 heavy (non-hydrogen) atoms. The van der Waals surface area contributed by atoms with E-state index in [1.165, 1.54) is 11.3 Å². The summed E-state index contributed by atoms with van der Waals surface area (Å²) in [5, 5.41) is 5.85. The van der Waals surface area contributed by atoms with Gasteiger partial charge in [0.05, 0.1) is 5.69 Å². The highest BCUT2D eigenvalue weighted by Gasteiger charge is 2.27. The molecule has 4 rings (SSSR count). The third-order valence-electron chi connectivity index (χ3n) is 3.13. The van der Waals surface area contributed by atoms with Crippen LogP contribution in [0.1, 0.15) is 11.9 Å². The van der Waals surface area contributed by atoms with E-state index in [-0.39, 0.29) is 0 Å². The molecule has 0 saturated heterocycles. The number of thiophene rings is 1. The molecule has 6 nitrogen and oxygen atoms in total. The van der Waals surface area contributed by atoms with Gasteiger partial charge in [-0.15, -0.1) is 11.3 Å². The van der Waals surface area contributed by atoms with Crippen molar-refractivity contribution in [3.63, 3.8) is 0 Å². The topological polar surface area (TPSA) is 83.4 Å². The van der Waals surface area contributed by atoms with Crippen molar-refractivity contribution in [3.8, 4) is 22.3 Å². The Hall–Kier alpha value is -2.54. The lowest BCUT2D eigenvalue weighted by molar-refractivity contribution is 0.0832. The van der Waals surface area contributed by atoms with Gasteiger partial charge < -0.3 is 19.7 Å². The third kappa shape index (κ3) is 2.11. The molecule has 7 heteroatoms. The Bertz CT molecular complexity index is 783. The van der Waals surface area contributed by atoms with Gasteiger partial charge in [-0.3, -0.25) is 0 Å². The lowest BCUT2D eigenvalue weighted by Gasteiger charge is -2.24. The highest BCUT2D eigenvalue weighted by atomic mass is 32.1. The van der Waals surface area contributed by atoms with Crippen LogP contribution in [0.5, 0.6) is 11.5 Å². The molecule has 0 spiro atoms. The van der Waals surface area contributed by atoms with E-state index in [1.54, 1.807) is 6.07 Å². The molecule has 1 atom stereocenters. The molecule has 0 saturated carbocycles. The number of nitrogens with two attached hydrogens (primary N) is 1. The highest BCUT2D eigenvalue weighted by Crippen LogP contribution is 2.36. The Morgan fingerprint density at radius 2 is 2.05 bits per heavy atom. The molecule has 2 N–H and O–H groups in total. The fraction of sp³-hybridized carbons (Fsp3) is 0.143. The first-order chi connectivity index (χ1) is 10.3. The molecule has 0 bridgehead atoms. The van der Waals surface area contributed by atoms with E-state index in [4.69, 9.17) is 19.7 Å². The van der Waals surface area contributed by atoms with Crippen molar-refractivity contribution in [3.05, 3.63) is 41.5 Å². The molecule has 1 aliphatic heterocycles. The van der Waals surface area contributed by atoms with Crippen LogP contribution in [-0.4, -0.2) is 16.7 Å². The minimum atomic E-state index is -0.390. The fourth-order valence-corrected chi connectivity index (χ4v) is 2.84. The zero-order valence-corrected chi connectivity index (χ0v) is 11.7. The quantitative estimate of drug-likeness (QED) is 0.783. The molecule has 1 unspecified atom stereocenters. The maximum Gasteiger partial charge on any atom is 0.270 e. The first-order valence-electron chi connectivity index (χ1n) is 6.36. The summed E-state index contributed by atoms with van der Waals surface area (Å²) in [6, 6.07) is 9.30. The van der Waals surface area contributed by atoms with Gasteiger partial charge in [-0.05, 0) is 23.6 Å². The van der Waals surface area contributed by atoms with Crippen molar-refractivity contribution in [2.45, 2.75) is 6.10 Å². The van der Waals surface area contributed by atoms with Crippen LogP contribution >= 0.6 is 11.3 Å². The number of rotatable bonds is 2. The molecule has 3 heterocycles. The fourth-order valence-electron chi connectivity index (χ4n) is 2.10. The van der Waals surface area contributed by atoms with Gasteiger partial charge >= 0.3 is 0 Å². The van der Waals surface area contributed by atoms with Crippen LogP contribution in [0.2, 0.25) is 0 Å². The van der Waals surface area contributed by atoms with Crippen LogP contribution in [-0.2, 0) is 0 Å². The van der Waals surface area contributed by atoms with Crippen LogP contribution < -0.4 is 15.2 Å². The smallest absolute Gasteiger partial charge is 0.270 e. The molecule has 106 valence electrons. The lowest BCUT2D eigenvalue weighted by Crippen LogP contribution is -2.22. The van der Waals surface area contributed by atoms with Gasteiger partial charge in [-0.25, -0.2) is 0 Å². The highest BCUT2D eigenvalue weighted by molar-refractivity contribution is 7.14. The number of anilines is 1. The zero-order chi connectivity index (χ0) is 14.2. The van der Waals surface area contributed by atoms with Crippen molar-refractivity contribution < 1.29 is 14.0 Å². The largest absolute Gasteiger partial charge is 0.485 e. The number of hydrogen-bond donors (Lipinski definition) is 1. The Balaban J connectivity index is 1.61. The molecule has 0 amide bonds. The van der Waals surface area contributed by atoms with Gasteiger partial charge in [-0.1, -0.05) is 17.3 Å². The molecule has 2 aromatic heterocycles. The second-order valence-corrected chi connectivity index (χ2v) is 5.44. The molecule has 0 radical (unpaired) electrons. The summed E-state index contributed by atoms with van der Waals surface area (Å²) in [5.74, 6) is 2.25. The number of fused-ring (bicyclic) bond motifs is 1. The maximum atomic E-state index is 5.85. The Kier molecular flexibility index (Phi) is 2.78. The minimum Gasteiger partial charge on any atom is -0.485 e. The van der Waals surface area contributed by atoms with E-state index >= 15 is 0 Å². The minimum absolute atomic E-state index is 0.343. The van der Waals surface area contributed by atoms with E-state index in [9.17, 15) is 0 Å². The van der Waals surface area contributed by atoms with E-state index in [0.29, 0.717) is 29.8 Å².